The minimum absolute atomic E-state index is 0.0650. The Morgan fingerprint density at radius 1 is 0.949 bits per heavy atom. The average Bonchev–Trinajstić information content (AvgIpc) is 3.72. The number of amides is 1. The third-order valence-corrected chi connectivity index (χ3v) is 10.0. The Bertz CT molecular complexity index is 2590. The number of aromatic nitrogens is 3. The van der Waals surface area contributed by atoms with Gasteiger partial charge >= 0.3 is 0 Å². The second-order valence-corrected chi connectivity index (χ2v) is 13.7. The van der Waals surface area contributed by atoms with Gasteiger partial charge in [0, 0.05) is 81.3 Å². The highest BCUT2D eigenvalue weighted by atomic mass is 16.5. The van der Waals surface area contributed by atoms with Crippen molar-refractivity contribution in [3.8, 4) is 45.4 Å². The first-order chi connectivity index (χ1) is 28.7. The number of hydrogen-bond donors (Lipinski definition) is 5. The molecule has 10 heteroatoms. The summed E-state index contributed by atoms with van der Waals surface area (Å²) in [5.41, 5.74) is 21.8. The van der Waals surface area contributed by atoms with Crippen molar-refractivity contribution in [2.45, 2.75) is 60.5 Å². The molecule has 6 aromatic rings. The highest BCUT2D eigenvalue weighted by Crippen LogP contribution is 2.46. The van der Waals surface area contributed by atoms with Gasteiger partial charge in [0.05, 0.1) is 11.4 Å². The average molecular weight is 788 g/mol. The number of pyridine rings is 1. The molecule has 1 atom stereocenters. The molecule has 1 amide bonds. The van der Waals surface area contributed by atoms with Crippen LogP contribution in [0.25, 0.3) is 39.5 Å². The number of hydrogen-bond acceptors (Lipinski definition) is 7. The molecule has 8 N–H and O–H groups in total. The molecule has 0 spiro atoms. The molecule has 0 saturated carbocycles. The molecule has 0 bridgehead atoms. The largest absolute Gasteiger partial charge is 0.508 e. The smallest absolute Gasteiger partial charge is 0.251 e. The molecule has 300 valence electrons. The van der Waals surface area contributed by atoms with Crippen LogP contribution in [0, 0.1) is 6.92 Å². The van der Waals surface area contributed by atoms with Gasteiger partial charge in [0.1, 0.15) is 29.1 Å². The number of phenolic OH excluding ortho intramolecular Hbond substituents is 1. The van der Waals surface area contributed by atoms with Crippen LogP contribution in [0.15, 0.2) is 127 Å². The van der Waals surface area contributed by atoms with E-state index in [2.05, 4.69) is 27.9 Å². The third-order valence-electron chi connectivity index (χ3n) is 10.0. The number of rotatable bonds is 9. The van der Waals surface area contributed by atoms with Gasteiger partial charge < -0.3 is 31.6 Å². The van der Waals surface area contributed by atoms with Crippen LogP contribution in [0.3, 0.4) is 0 Å². The van der Waals surface area contributed by atoms with E-state index in [1.54, 1.807) is 36.7 Å². The number of aromatic hydroxyl groups is 1. The maximum absolute atomic E-state index is 13.5. The molecule has 1 unspecified atom stereocenters. The molecular formula is C49H51N6O4+. The first kappa shape index (κ1) is 41.6. The van der Waals surface area contributed by atoms with E-state index in [1.807, 2.05) is 114 Å². The number of nitrogen functional groups attached to an aromatic ring is 1. The second-order valence-electron chi connectivity index (χ2n) is 13.7. The van der Waals surface area contributed by atoms with Crippen LogP contribution in [0.2, 0.25) is 0 Å². The molecule has 0 fully saturated rings. The summed E-state index contributed by atoms with van der Waals surface area (Å²) in [6.07, 6.45) is 10.9. The topological polar surface area (TPSA) is 171 Å². The number of aldehydes is 1. The molecule has 4 aromatic carbocycles. The number of benzene rings is 4. The zero-order chi connectivity index (χ0) is 42.2. The Morgan fingerprint density at radius 3 is 2.37 bits per heavy atom. The van der Waals surface area contributed by atoms with E-state index in [9.17, 15) is 14.7 Å². The van der Waals surface area contributed by atoms with Gasteiger partial charge in [-0.05, 0) is 84.1 Å². The maximum Gasteiger partial charge on any atom is 0.251 e. The maximum atomic E-state index is 13.5. The van der Waals surface area contributed by atoms with Gasteiger partial charge in [0.15, 0.2) is 6.29 Å². The predicted octanol–water partition coefficient (Wildman–Crippen LogP) is 9.02. The summed E-state index contributed by atoms with van der Waals surface area (Å²) in [7, 11) is 0. The van der Waals surface area contributed by atoms with E-state index in [1.165, 1.54) is 0 Å². The van der Waals surface area contributed by atoms with E-state index in [-0.39, 0.29) is 24.2 Å². The lowest BCUT2D eigenvalue weighted by molar-refractivity contribution is -0.387. The third kappa shape index (κ3) is 8.63. The first-order valence-electron chi connectivity index (χ1n) is 20.1. The zero-order valence-corrected chi connectivity index (χ0v) is 34.4. The number of nitrogens with one attached hydrogen (secondary N) is 2. The molecule has 59 heavy (non-hydrogen) atoms. The molecule has 1 aliphatic heterocycles. The van der Waals surface area contributed by atoms with Gasteiger partial charge in [0.25, 0.3) is 5.91 Å². The van der Waals surface area contributed by atoms with Crippen molar-refractivity contribution in [1.29, 1.82) is 0 Å². The molecule has 3 heterocycles. The van der Waals surface area contributed by atoms with Gasteiger partial charge in [-0.2, -0.15) is 0 Å². The van der Waals surface area contributed by atoms with Crippen molar-refractivity contribution >= 4 is 23.5 Å². The van der Waals surface area contributed by atoms with Crippen LogP contribution in [-0.2, 0) is 13.0 Å². The molecular weight excluding hydrogens is 737 g/mol. The van der Waals surface area contributed by atoms with Crippen molar-refractivity contribution in [3.63, 3.8) is 0 Å². The molecule has 2 aromatic heterocycles. The van der Waals surface area contributed by atoms with Gasteiger partial charge in [-0.15, -0.1) is 0 Å². The summed E-state index contributed by atoms with van der Waals surface area (Å²) >= 11 is 0. The Labute approximate surface area is 345 Å². The number of fused-ring (bicyclic) bond motifs is 2. The Balaban J connectivity index is 0.00000142. The van der Waals surface area contributed by atoms with E-state index in [4.69, 9.17) is 15.5 Å². The number of nitrogens with zero attached hydrogens (tertiary/aromatic N) is 2. The number of ether oxygens (including phenoxy) is 1. The molecule has 2 aliphatic rings. The molecule has 0 saturated heterocycles. The number of carbonyl (C=O) groups is 2. The summed E-state index contributed by atoms with van der Waals surface area (Å²) in [6, 6.07) is 26.0. The van der Waals surface area contributed by atoms with Crippen LogP contribution in [0.4, 0.5) is 5.69 Å². The number of allylic oxidation sites excluding steroid dienone is 1. The van der Waals surface area contributed by atoms with E-state index in [0.29, 0.717) is 51.8 Å². The number of aromatic amines is 1. The highest BCUT2D eigenvalue weighted by molar-refractivity contribution is 6.01. The SMILES string of the molecule is CC.CC.CCc1cc(N)cc2c1C(c1ccc(C(=O)NCc3ccc(-c4nc(-c5ccc(C)c(O)c5)c(-c5ccncc5)[nH]4)cc3)cc1C=O)=C1C=CC([NH3+])C=C1O2. The zero-order valence-electron chi connectivity index (χ0n) is 34.4. The lowest BCUT2D eigenvalue weighted by atomic mass is 9.82. The van der Waals surface area contributed by atoms with Crippen molar-refractivity contribution in [2.75, 3.05) is 5.73 Å². The highest BCUT2D eigenvalue weighted by Gasteiger charge is 2.31. The van der Waals surface area contributed by atoms with Gasteiger partial charge in [0.2, 0.25) is 0 Å². The van der Waals surface area contributed by atoms with Crippen LogP contribution in [0.1, 0.15) is 83.2 Å². The van der Waals surface area contributed by atoms with E-state index >= 15 is 0 Å². The van der Waals surface area contributed by atoms with Crippen LogP contribution >= 0.6 is 0 Å². The van der Waals surface area contributed by atoms with Crippen molar-refractivity contribution in [3.05, 3.63) is 166 Å². The summed E-state index contributed by atoms with van der Waals surface area (Å²) in [6.45, 7) is 12.2. The number of anilines is 1. The summed E-state index contributed by atoms with van der Waals surface area (Å²) in [4.78, 5) is 38.7. The second kappa shape index (κ2) is 18.5. The minimum Gasteiger partial charge on any atom is -0.508 e. The number of H-pyrrole nitrogens is 1. The molecule has 1 aliphatic carbocycles. The fraction of sp³-hybridized carbons (Fsp3) is 0.184. The first-order valence-corrected chi connectivity index (χ1v) is 20.1. The monoisotopic (exact) mass is 787 g/mol. The summed E-state index contributed by atoms with van der Waals surface area (Å²) in [5.74, 6) is 1.85. The molecule has 0 radical (unpaired) electrons. The lowest BCUT2D eigenvalue weighted by Gasteiger charge is -2.29. The Morgan fingerprint density at radius 2 is 1.68 bits per heavy atom. The van der Waals surface area contributed by atoms with Gasteiger partial charge in [-0.3, -0.25) is 14.6 Å². The number of phenols is 1. The van der Waals surface area contributed by atoms with Crippen molar-refractivity contribution < 1.29 is 25.2 Å². The summed E-state index contributed by atoms with van der Waals surface area (Å²) in [5, 5.41) is 13.4. The number of nitrogens with two attached hydrogens (primary N) is 1. The van der Waals surface area contributed by atoms with Gasteiger partial charge in [-0.25, -0.2) is 4.98 Å². The fourth-order valence-corrected chi connectivity index (χ4v) is 7.11. The number of aryl methyl sites for hydroxylation is 2. The lowest BCUT2D eigenvalue weighted by Crippen LogP contribution is -2.59. The summed E-state index contributed by atoms with van der Waals surface area (Å²) < 4.78 is 6.34. The standard InChI is InChI=1S/C45H38N6O4.2C2H6/c1-3-27-19-34(47)22-39-40(27)41(36-13-11-33(46)21-38(36)55-39)35-12-10-31(18-32(35)24-52)45(54)49-23-26-5-8-29(9-6-26)44-50-42(28-14-16-48-17-15-28)43(51-44)30-7-4-25(2)37(53)20-30;2*1-2/h4-22,24,33,53H,3,23,46-47H2,1-2H3,(H,49,54)(H,50,51);2*1-2H3/p+1. The Kier molecular flexibility index (Phi) is 13.0. The molecule has 8 rings (SSSR count). The van der Waals surface area contributed by atoms with Crippen molar-refractivity contribution in [1.82, 2.24) is 20.3 Å². The molecule has 10 nitrogen and oxygen atoms in total. The number of carbonyl (C=O) groups excluding carboxylic acids is 2. The number of imidazole rings is 1. The van der Waals surface area contributed by atoms with Gasteiger partial charge in [-0.1, -0.05) is 77.1 Å². The number of quaternary nitrogens is 1. The predicted molar refractivity (Wildman–Crippen MR) is 236 cm³/mol. The van der Waals surface area contributed by atoms with Crippen molar-refractivity contribution in [2.24, 2.45) is 0 Å². The Hall–Kier alpha value is -7.04. The quantitative estimate of drug-likeness (QED) is 0.0719. The van der Waals surface area contributed by atoms with Crippen LogP contribution in [0.5, 0.6) is 11.5 Å². The van der Waals surface area contributed by atoms with Crippen LogP contribution in [-0.4, -0.2) is 38.3 Å². The van der Waals surface area contributed by atoms with E-state index in [0.717, 1.165) is 62.1 Å². The van der Waals surface area contributed by atoms with E-state index < -0.39 is 0 Å². The normalized spacial score (nSPS) is 13.7. The minimum atomic E-state index is -0.303. The van der Waals surface area contributed by atoms with Crippen LogP contribution < -0.4 is 21.5 Å². The fourth-order valence-electron chi connectivity index (χ4n) is 7.11.